The van der Waals surface area contributed by atoms with Crippen LogP contribution in [0.3, 0.4) is 0 Å². The molecule has 6 heteroatoms. The van der Waals surface area contributed by atoms with Crippen LogP contribution in [0.2, 0.25) is 0 Å². The Balaban J connectivity index is 1.85. The standard InChI is InChI=1S/C15H25N3O3/c1-2-20-15(6-4-3-5-7-15)12-17-13(21-18-12)14(16)8-10-19-11-9-14/h2-11,16H2,1H3. The van der Waals surface area contributed by atoms with Crippen LogP contribution in [0.4, 0.5) is 0 Å². The maximum atomic E-state index is 6.42. The van der Waals surface area contributed by atoms with Gasteiger partial charge < -0.3 is 19.7 Å². The second kappa shape index (κ2) is 6.02. The second-order valence-electron chi connectivity index (χ2n) is 6.18. The third-order valence-electron chi connectivity index (χ3n) is 4.73. The van der Waals surface area contributed by atoms with Gasteiger partial charge in [0.15, 0.2) is 0 Å². The lowest BCUT2D eigenvalue weighted by Crippen LogP contribution is -2.42. The molecule has 0 atom stereocenters. The third kappa shape index (κ3) is 2.84. The lowest BCUT2D eigenvalue weighted by Gasteiger charge is -2.34. The van der Waals surface area contributed by atoms with Crippen LogP contribution in [0.15, 0.2) is 4.52 Å². The number of aromatic nitrogens is 2. The summed E-state index contributed by atoms with van der Waals surface area (Å²) in [5.74, 6) is 1.21. The summed E-state index contributed by atoms with van der Waals surface area (Å²) < 4.78 is 16.9. The molecule has 3 rings (SSSR count). The molecule has 1 aliphatic heterocycles. The molecule has 0 radical (unpaired) electrons. The Labute approximate surface area is 125 Å². The van der Waals surface area contributed by atoms with Crippen LogP contribution in [-0.4, -0.2) is 30.0 Å². The summed E-state index contributed by atoms with van der Waals surface area (Å²) in [5.41, 5.74) is 5.49. The predicted molar refractivity (Wildman–Crippen MR) is 76.6 cm³/mol. The number of hydrogen-bond donors (Lipinski definition) is 1. The minimum atomic E-state index is -0.550. The van der Waals surface area contributed by atoms with Gasteiger partial charge in [-0.1, -0.05) is 24.4 Å². The summed E-state index contributed by atoms with van der Waals surface area (Å²) in [6.07, 6.45) is 6.89. The fourth-order valence-electron chi connectivity index (χ4n) is 3.39. The molecule has 21 heavy (non-hydrogen) atoms. The monoisotopic (exact) mass is 295 g/mol. The highest BCUT2D eigenvalue weighted by Gasteiger charge is 2.42. The van der Waals surface area contributed by atoms with Gasteiger partial charge in [-0.3, -0.25) is 0 Å². The van der Waals surface area contributed by atoms with Gasteiger partial charge in [0.2, 0.25) is 11.7 Å². The van der Waals surface area contributed by atoms with E-state index in [4.69, 9.17) is 19.7 Å². The van der Waals surface area contributed by atoms with Crippen molar-refractivity contribution in [2.75, 3.05) is 19.8 Å². The van der Waals surface area contributed by atoms with Gasteiger partial charge in [-0.15, -0.1) is 0 Å². The van der Waals surface area contributed by atoms with Crippen molar-refractivity contribution in [3.63, 3.8) is 0 Å². The second-order valence-corrected chi connectivity index (χ2v) is 6.18. The van der Waals surface area contributed by atoms with E-state index in [1.54, 1.807) is 0 Å². The van der Waals surface area contributed by atoms with Gasteiger partial charge in [-0.05, 0) is 32.6 Å². The van der Waals surface area contributed by atoms with Gasteiger partial charge in [0.05, 0.1) is 0 Å². The van der Waals surface area contributed by atoms with Gasteiger partial charge >= 0.3 is 0 Å². The number of nitrogens with zero attached hydrogens (tertiary/aromatic N) is 2. The average Bonchev–Trinajstić information content (AvgIpc) is 3.01. The molecule has 0 aromatic carbocycles. The first kappa shape index (κ1) is 14.9. The SMILES string of the molecule is CCOC1(c2noc(C3(N)CCOCC3)n2)CCCCC1. The van der Waals surface area contributed by atoms with Crippen LogP contribution >= 0.6 is 0 Å². The minimum absolute atomic E-state index is 0.379. The maximum Gasteiger partial charge on any atom is 0.247 e. The molecule has 0 amide bonds. The Hall–Kier alpha value is -0.980. The molecule has 118 valence electrons. The third-order valence-corrected chi connectivity index (χ3v) is 4.73. The highest BCUT2D eigenvalue weighted by Crippen LogP contribution is 2.40. The van der Waals surface area contributed by atoms with Gasteiger partial charge in [0.1, 0.15) is 11.1 Å². The van der Waals surface area contributed by atoms with Crippen LogP contribution in [0, 0.1) is 0 Å². The minimum Gasteiger partial charge on any atom is -0.381 e. The van der Waals surface area contributed by atoms with Gasteiger partial charge in [0, 0.05) is 19.8 Å². The number of hydrogen-bond acceptors (Lipinski definition) is 6. The Kier molecular flexibility index (Phi) is 4.28. The van der Waals surface area contributed by atoms with E-state index >= 15 is 0 Å². The summed E-state index contributed by atoms with van der Waals surface area (Å²) in [4.78, 5) is 4.64. The lowest BCUT2D eigenvalue weighted by atomic mass is 9.84. The molecule has 2 heterocycles. The highest BCUT2D eigenvalue weighted by atomic mass is 16.5. The molecule has 2 N–H and O–H groups in total. The molecular formula is C15H25N3O3. The van der Waals surface area contributed by atoms with E-state index in [1.807, 2.05) is 6.92 Å². The van der Waals surface area contributed by atoms with Crippen molar-refractivity contribution in [1.82, 2.24) is 10.1 Å². The summed E-state index contributed by atoms with van der Waals surface area (Å²) in [6.45, 7) is 3.96. The van der Waals surface area contributed by atoms with E-state index in [1.165, 1.54) is 6.42 Å². The normalized spacial score (nSPS) is 24.9. The average molecular weight is 295 g/mol. The Morgan fingerprint density at radius 1 is 1.14 bits per heavy atom. The first-order valence-electron chi connectivity index (χ1n) is 8.04. The maximum absolute atomic E-state index is 6.42. The first-order chi connectivity index (χ1) is 10.2. The summed E-state index contributed by atoms with van der Waals surface area (Å²) in [6, 6.07) is 0. The smallest absolute Gasteiger partial charge is 0.247 e. The van der Waals surface area contributed by atoms with E-state index in [2.05, 4.69) is 10.1 Å². The molecule has 1 saturated carbocycles. The van der Waals surface area contributed by atoms with E-state index in [-0.39, 0.29) is 5.60 Å². The summed E-state index contributed by atoms with van der Waals surface area (Å²) >= 11 is 0. The van der Waals surface area contributed by atoms with Crippen LogP contribution in [0.5, 0.6) is 0 Å². The van der Waals surface area contributed by atoms with Crippen molar-refractivity contribution < 1.29 is 14.0 Å². The van der Waals surface area contributed by atoms with E-state index in [9.17, 15) is 0 Å². The fraction of sp³-hybridized carbons (Fsp3) is 0.867. The van der Waals surface area contributed by atoms with Crippen molar-refractivity contribution in [1.29, 1.82) is 0 Å². The van der Waals surface area contributed by atoms with Gasteiger partial charge in [0.25, 0.3) is 0 Å². The summed E-state index contributed by atoms with van der Waals surface area (Å²) in [5, 5.41) is 4.22. The van der Waals surface area contributed by atoms with Crippen molar-refractivity contribution in [3.05, 3.63) is 11.7 Å². The molecule has 1 saturated heterocycles. The summed E-state index contributed by atoms with van der Waals surface area (Å²) in [7, 11) is 0. The quantitative estimate of drug-likeness (QED) is 0.917. The first-order valence-corrected chi connectivity index (χ1v) is 8.04. The number of rotatable bonds is 4. The van der Waals surface area contributed by atoms with Gasteiger partial charge in [-0.25, -0.2) is 0 Å². The molecule has 2 aliphatic rings. The van der Waals surface area contributed by atoms with Crippen molar-refractivity contribution in [2.24, 2.45) is 5.73 Å². The zero-order valence-corrected chi connectivity index (χ0v) is 12.8. The Morgan fingerprint density at radius 2 is 1.86 bits per heavy atom. The van der Waals surface area contributed by atoms with Crippen LogP contribution in [-0.2, 0) is 20.6 Å². The molecule has 1 aliphatic carbocycles. The van der Waals surface area contributed by atoms with Crippen molar-refractivity contribution >= 4 is 0 Å². The molecular weight excluding hydrogens is 270 g/mol. The zero-order valence-electron chi connectivity index (χ0n) is 12.8. The lowest BCUT2D eigenvalue weighted by molar-refractivity contribution is -0.0777. The highest BCUT2D eigenvalue weighted by molar-refractivity contribution is 5.09. The van der Waals surface area contributed by atoms with Crippen LogP contribution in [0.25, 0.3) is 0 Å². The number of nitrogens with two attached hydrogens (primary N) is 1. The fourth-order valence-corrected chi connectivity index (χ4v) is 3.39. The van der Waals surface area contributed by atoms with Crippen molar-refractivity contribution in [2.45, 2.75) is 63.0 Å². The topological polar surface area (TPSA) is 83.4 Å². The molecule has 1 aromatic heterocycles. The Morgan fingerprint density at radius 3 is 2.52 bits per heavy atom. The van der Waals surface area contributed by atoms with Crippen LogP contribution < -0.4 is 5.73 Å². The molecule has 0 spiro atoms. The molecule has 1 aromatic rings. The van der Waals surface area contributed by atoms with Crippen molar-refractivity contribution in [3.8, 4) is 0 Å². The van der Waals surface area contributed by atoms with E-state index in [0.29, 0.717) is 31.5 Å². The van der Waals surface area contributed by atoms with Gasteiger partial charge in [-0.2, -0.15) is 4.98 Å². The molecule has 0 unspecified atom stereocenters. The Bertz CT molecular complexity index is 457. The molecule has 6 nitrogen and oxygen atoms in total. The largest absolute Gasteiger partial charge is 0.381 e. The molecule has 2 fully saturated rings. The zero-order chi connectivity index (χ0) is 14.8. The predicted octanol–water partition coefficient (Wildman–Crippen LogP) is 2.23. The van der Waals surface area contributed by atoms with E-state index < -0.39 is 5.54 Å². The van der Waals surface area contributed by atoms with E-state index in [0.717, 1.165) is 38.5 Å². The number of ether oxygens (including phenoxy) is 2. The molecule has 0 bridgehead atoms. The van der Waals surface area contributed by atoms with Crippen LogP contribution in [0.1, 0.15) is 63.6 Å².